The fraction of sp³-hybridized carbons (Fsp3) is 0.478. The Hall–Kier alpha value is -2.10. The molecule has 174 valence electrons. The average molecular weight is 459 g/mol. The molecule has 4 atom stereocenters. The number of halogens is 6. The number of piperidine rings is 1. The Labute approximate surface area is 181 Å². The number of fused-ring (bicyclic) bond motifs is 2. The summed E-state index contributed by atoms with van der Waals surface area (Å²) in [7, 11) is 0. The fourth-order valence-electron chi connectivity index (χ4n) is 5.01. The van der Waals surface area contributed by atoms with Gasteiger partial charge < -0.3 is 15.2 Å². The summed E-state index contributed by atoms with van der Waals surface area (Å²) < 4.78 is 85.1. The molecule has 9 heteroatoms. The highest BCUT2D eigenvalue weighted by Gasteiger charge is 2.54. The Bertz CT molecular complexity index is 913. The number of hydrogen-bond donors (Lipinski definition) is 2. The van der Waals surface area contributed by atoms with Gasteiger partial charge in [-0.2, -0.15) is 26.3 Å². The van der Waals surface area contributed by atoms with Gasteiger partial charge in [0.05, 0.1) is 29.4 Å². The predicted octanol–water partition coefficient (Wildman–Crippen LogP) is 5.27. The molecule has 2 aliphatic rings. The van der Waals surface area contributed by atoms with Gasteiger partial charge in [-0.1, -0.05) is 30.3 Å². The van der Waals surface area contributed by atoms with Crippen LogP contribution in [0.1, 0.15) is 41.5 Å². The average Bonchev–Trinajstić information content (AvgIpc) is 3.06. The topological polar surface area (TPSA) is 41.5 Å². The van der Waals surface area contributed by atoms with Crippen molar-refractivity contribution >= 4 is 0 Å². The van der Waals surface area contributed by atoms with Crippen LogP contribution >= 0.6 is 0 Å². The van der Waals surface area contributed by atoms with E-state index in [-0.39, 0.29) is 36.8 Å². The molecule has 0 radical (unpaired) electrons. The molecule has 2 aromatic rings. The van der Waals surface area contributed by atoms with Crippen LogP contribution in [-0.2, 0) is 29.2 Å². The van der Waals surface area contributed by atoms with Crippen LogP contribution in [0, 0.1) is 5.92 Å². The molecule has 32 heavy (non-hydrogen) atoms. The van der Waals surface area contributed by atoms with Crippen molar-refractivity contribution in [3.8, 4) is 0 Å². The first kappa shape index (κ1) is 23.1. The summed E-state index contributed by atoms with van der Waals surface area (Å²) in [6.45, 7) is -0.399. The monoisotopic (exact) mass is 459 g/mol. The van der Waals surface area contributed by atoms with E-state index in [1.165, 1.54) is 0 Å². The number of aliphatic hydroxyl groups is 1. The van der Waals surface area contributed by atoms with Gasteiger partial charge in [-0.15, -0.1) is 0 Å². The van der Waals surface area contributed by atoms with Gasteiger partial charge in [0.1, 0.15) is 0 Å². The molecule has 4 rings (SSSR count). The highest BCUT2D eigenvalue weighted by atomic mass is 19.4. The molecular weight excluding hydrogens is 436 g/mol. The van der Waals surface area contributed by atoms with Crippen LogP contribution < -0.4 is 5.32 Å². The largest absolute Gasteiger partial charge is 0.416 e. The zero-order chi connectivity index (χ0) is 23.1. The Morgan fingerprint density at radius 3 is 2.12 bits per heavy atom. The predicted molar refractivity (Wildman–Crippen MR) is 104 cm³/mol. The van der Waals surface area contributed by atoms with Gasteiger partial charge in [-0.25, -0.2) is 0 Å². The standard InChI is InChI=1S/C23H23F6NO2/c24-22(25,26)17-8-14(9-18(10-17)23(27,28)29)13-32-20-7-6-19-15(12-31)11-21(20,30-19)16-4-2-1-3-5-16/h1-5,8-10,15,19-20,30-31H,6-7,11-13H2/t15-,19-,20+,21+/m0/s1. The second-order valence-electron chi connectivity index (χ2n) is 8.53. The SMILES string of the molecule is OC[C@@H]1C[C@]2(c3ccccc3)N[C@H]1CC[C@H]2OCc1cc(C(F)(F)F)cc(C(F)(F)F)c1. The van der Waals surface area contributed by atoms with Gasteiger partial charge >= 0.3 is 12.4 Å². The maximum atomic E-state index is 13.2. The lowest BCUT2D eigenvalue weighted by Crippen LogP contribution is -2.54. The minimum absolute atomic E-state index is 0.00537. The number of rotatable bonds is 5. The van der Waals surface area contributed by atoms with Crippen molar-refractivity contribution in [3.05, 3.63) is 70.8 Å². The van der Waals surface area contributed by atoms with E-state index in [9.17, 15) is 31.4 Å². The summed E-state index contributed by atoms with van der Waals surface area (Å²) in [6, 6.07) is 11.0. The van der Waals surface area contributed by atoms with E-state index < -0.39 is 35.1 Å². The number of hydrogen-bond acceptors (Lipinski definition) is 3. The van der Waals surface area contributed by atoms with Crippen molar-refractivity contribution in [2.75, 3.05) is 6.61 Å². The first-order valence-corrected chi connectivity index (χ1v) is 10.4. The van der Waals surface area contributed by atoms with E-state index >= 15 is 0 Å². The molecule has 0 spiro atoms. The van der Waals surface area contributed by atoms with Gasteiger partial charge in [0.25, 0.3) is 0 Å². The van der Waals surface area contributed by atoms with Crippen molar-refractivity contribution < 1.29 is 36.2 Å². The maximum Gasteiger partial charge on any atom is 0.416 e. The Morgan fingerprint density at radius 1 is 0.938 bits per heavy atom. The van der Waals surface area contributed by atoms with Crippen LogP contribution in [0.2, 0.25) is 0 Å². The molecule has 2 N–H and O–H groups in total. The highest BCUT2D eigenvalue weighted by molar-refractivity contribution is 5.34. The van der Waals surface area contributed by atoms with Gasteiger partial charge in [0.15, 0.2) is 0 Å². The summed E-state index contributed by atoms with van der Waals surface area (Å²) in [5.74, 6) is -0.00537. The smallest absolute Gasteiger partial charge is 0.396 e. The summed E-state index contributed by atoms with van der Waals surface area (Å²) in [5, 5.41) is 13.3. The van der Waals surface area contributed by atoms with E-state index in [1.54, 1.807) is 0 Å². The number of benzene rings is 2. The van der Waals surface area contributed by atoms with Crippen molar-refractivity contribution in [3.63, 3.8) is 0 Å². The highest BCUT2D eigenvalue weighted by Crippen LogP contribution is 2.47. The van der Waals surface area contributed by atoms with Crippen molar-refractivity contribution in [2.45, 2.75) is 55.9 Å². The molecule has 0 amide bonds. The van der Waals surface area contributed by atoms with Crippen LogP contribution in [0.3, 0.4) is 0 Å². The molecular formula is C23H23F6NO2. The minimum Gasteiger partial charge on any atom is -0.396 e. The van der Waals surface area contributed by atoms with Crippen LogP contribution in [0.25, 0.3) is 0 Å². The molecule has 2 heterocycles. The van der Waals surface area contributed by atoms with Crippen LogP contribution in [0.15, 0.2) is 48.5 Å². The summed E-state index contributed by atoms with van der Waals surface area (Å²) in [6.07, 6.45) is -8.43. The zero-order valence-electron chi connectivity index (χ0n) is 17.0. The molecule has 2 saturated heterocycles. The third-order valence-electron chi connectivity index (χ3n) is 6.51. The van der Waals surface area contributed by atoms with E-state index in [1.807, 2.05) is 30.3 Å². The first-order chi connectivity index (χ1) is 15.0. The van der Waals surface area contributed by atoms with E-state index in [0.29, 0.717) is 31.4 Å². The Balaban J connectivity index is 1.63. The number of ether oxygens (including phenoxy) is 1. The molecule has 2 fully saturated rings. The van der Waals surface area contributed by atoms with Gasteiger partial charge in [0.2, 0.25) is 0 Å². The van der Waals surface area contributed by atoms with E-state index in [4.69, 9.17) is 4.74 Å². The Morgan fingerprint density at radius 2 is 1.56 bits per heavy atom. The first-order valence-electron chi connectivity index (χ1n) is 10.4. The molecule has 0 aliphatic carbocycles. The van der Waals surface area contributed by atoms with Gasteiger partial charge in [-0.3, -0.25) is 0 Å². The summed E-state index contributed by atoms with van der Waals surface area (Å²) in [4.78, 5) is 0. The summed E-state index contributed by atoms with van der Waals surface area (Å²) in [5.41, 5.74) is -2.63. The van der Waals surface area contributed by atoms with E-state index in [0.717, 1.165) is 5.56 Å². The lowest BCUT2D eigenvalue weighted by molar-refractivity contribution is -0.143. The maximum absolute atomic E-state index is 13.2. The van der Waals surface area contributed by atoms with Crippen LogP contribution in [-0.4, -0.2) is 23.9 Å². The van der Waals surface area contributed by atoms with Gasteiger partial charge in [-0.05, 0) is 54.5 Å². The quantitative estimate of drug-likeness (QED) is 0.599. The van der Waals surface area contributed by atoms with Crippen molar-refractivity contribution in [1.82, 2.24) is 5.32 Å². The number of aliphatic hydroxyl groups excluding tert-OH is 1. The third-order valence-corrected chi connectivity index (χ3v) is 6.51. The fourth-order valence-corrected chi connectivity index (χ4v) is 5.01. The third kappa shape index (κ3) is 4.38. The lowest BCUT2D eigenvalue weighted by Gasteiger charge is -2.42. The molecule has 0 saturated carbocycles. The molecule has 2 aliphatic heterocycles. The summed E-state index contributed by atoms with van der Waals surface area (Å²) >= 11 is 0. The molecule has 2 aromatic carbocycles. The van der Waals surface area contributed by atoms with Crippen LogP contribution in [0.5, 0.6) is 0 Å². The second-order valence-corrected chi connectivity index (χ2v) is 8.53. The molecule has 3 nitrogen and oxygen atoms in total. The van der Waals surface area contributed by atoms with Gasteiger partial charge in [0, 0.05) is 12.6 Å². The number of nitrogens with one attached hydrogen (secondary N) is 1. The van der Waals surface area contributed by atoms with E-state index in [2.05, 4.69) is 5.32 Å². The molecule has 2 bridgehead atoms. The van der Waals surface area contributed by atoms with Crippen LogP contribution in [0.4, 0.5) is 26.3 Å². The molecule has 0 unspecified atom stereocenters. The minimum atomic E-state index is -4.90. The normalized spacial score (nSPS) is 28.2. The Kier molecular flexibility index (Phi) is 6.02. The van der Waals surface area contributed by atoms with Crippen molar-refractivity contribution in [2.24, 2.45) is 5.92 Å². The lowest BCUT2D eigenvalue weighted by atomic mass is 9.80. The zero-order valence-corrected chi connectivity index (χ0v) is 17.0. The molecule has 0 aromatic heterocycles. The second kappa shape index (κ2) is 8.35. The number of alkyl halides is 6. The van der Waals surface area contributed by atoms with Crippen molar-refractivity contribution in [1.29, 1.82) is 0 Å².